The maximum atomic E-state index is 13.1. The standard InChI is InChI=1S/C12H18F2N2O/c1-3-4-8(7-17-2)16-12-6-10(14)9(13)5-11(12)15/h5-6,8,16H,3-4,7,15H2,1-2H3. The van der Waals surface area contributed by atoms with Gasteiger partial charge in [-0.25, -0.2) is 8.78 Å². The predicted molar refractivity (Wildman–Crippen MR) is 65.0 cm³/mol. The highest BCUT2D eigenvalue weighted by Crippen LogP contribution is 2.23. The predicted octanol–water partition coefficient (Wildman–Crippen LogP) is 2.77. The fourth-order valence-corrected chi connectivity index (χ4v) is 1.65. The molecule has 0 bridgehead atoms. The molecule has 0 saturated carbocycles. The lowest BCUT2D eigenvalue weighted by Gasteiger charge is -2.19. The number of anilines is 2. The fraction of sp³-hybridized carbons (Fsp3) is 0.500. The van der Waals surface area contributed by atoms with E-state index in [4.69, 9.17) is 10.5 Å². The average Bonchev–Trinajstić information content (AvgIpc) is 2.26. The molecule has 1 aromatic rings. The average molecular weight is 244 g/mol. The minimum absolute atomic E-state index is 0.0390. The molecule has 1 rings (SSSR count). The van der Waals surface area contributed by atoms with Crippen molar-refractivity contribution in [2.75, 3.05) is 24.8 Å². The van der Waals surface area contributed by atoms with Crippen molar-refractivity contribution >= 4 is 11.4 Å². The molecule has 0 aromatic heterocycles. The Hall–Kier alpha value is -1.36. The van der Waals surface area contributed by atoms with Crippen LogP contribution < -0.4 is 11.1 Å². The lowest BCUT2D eigenvalue weighted by Crippen LogP contribution is -2.25. The number of nitrogens with two attached hydrogens (primary N) is 1. The van der Waals surface area contributed by atoms with Crippen LogP contribution in [0.4, 0.5) is 20.2 Å². The summed E-state index contributed by atoms with van der Waals surface area (Å²) in [5.74, 6) is -1.85. The third kappa shape index (κ3) is 3.85. The summed E-state index contributed by atoms with van der Waals surface area (Å²) in [6.07, 6.45) is 1.83. The second-order valence-corrected chi connectivity index (χ2v) is 3.94. The summed E-state index contributed by atoms with van der Waals surface area (Å²) in [6, 6.07) is 2.09. The monoisotopic (exact) mass is 244 g/mol. The van der Waals surface area contributed by atoms with Crippen molar-refractivity contribution in [3.63, 3.8) is 0 Å². The second kappa shape index (κ2) is 6.39. The molecule has 3 nitrogen and oxygen atoms in total. The summed E-state index contributed by atoms with van der Waals surface area (Å²) >= 11 is 0. The molecule has 3 N–H and O–H groups in total. The van der Waals surface area contributed by atoms with Crippen LogP contribution in [0.25, 0.3) is 0 Å². The minimum atomic E-state index is -0.938. The third-order valence-electron chi connectivity index (χ3n) is 2.46. The summed E-state index contributed by atoms with van der Waals surface area (Å²) in [5, 5.41) is 3.06. The van der Waals surface area contributed by atoms with Crippen molar-refractivity contribution in [2.24, 2.45) is 0 Å². The molecule has 0 fully saturated rings. The van der Waals surface area contributed by atoms with E-state index in [0.717, 1.165) is 25.0 Å². The van der Waals surface area contributed by atoms with Gasteiger partial charge in [-0.3, -0.25) is 0 Å². The highest BCUT2D eigenvalue weighted by molar-refractivity contribution is 5.66. The topological polar surface area (TPSA) is 47.3 Å². The van der Waals surface area contributed by atoms with Crippen molar-refractivity contribution in [3.05, 3.63) is 23.8 Å². The van der Waals surface area contributed by atoms with Crippen LogP contribution in [0.5, 0.6) is 0 Å². The molecule has 17 heavy (non-hydrogen) atoms. The van der Waals surface area contributed by atoms with Gasteiger partial charge in [0.05, 0.1) is 18.0 Å². The highest BCUT2D eigenvalue weighted by atomic mass is 19.2. The Bertz CT molecular complexity index is 366. The number of hydrogen-bond acceptors (Lipinski definition) is 3. The first-order valence-corrected chi connectivity index (χ1v) is 5.58. The van der Waals surface area contributed by atoms with E-state index < -0.39 is 11.6 Å². The zero-order chi connectivity index (χ0) is 12.8. The molecule has 0 radical (unpaired) electrons. The largest absolute Gasteiger partial charge is 0.397 e. The fourth-order valence-electron chi connectivity index (χ4n) is 1.65. The number of halogens is 2. The minimum Gasteiger partial charge on any atom is -0.397 e. The number of nitrogens with one attached hydrogen (secondary N) is 1. The van der Waals surface area contributed by atoms with Crippen molar-refractivity contribution in [1.82, 2.24) is 0 Å². The lowest BCUT2D eigenvalue weighted by molar-refractivity contribution is 0.182. The van der Waals surface area contributed by atoms with E-state index in [9.17, 15) is 8.78 Å². The Morgan fingerprint density at radius 3 is 2.59 bits per heavy atom. The van der Waals surface area contributed by atoms with Crippen LogP contribution in [0, 0.1) is 11.6 Å². The van der Waals surface area contributed by atoms with Gasteiger partial charge in [-0.05, 0) is 6.42 Å². The number of rotatable bonds is 6. The van der Waals surface area contributed by atoms with E-state index in [1.807, 2.05) is 6.92 Å². The second-order valence-electron chi connectivity index (χ2n) is 3.94. The molecule has 0 aliphatic rings. The Balaban J connectivity index is 2.81. The van der Waals surface area contributed by atoms with Crippen molar-refractivity contribution in [3.8, 4) is 0 Å². The van der Waals surface area contributed by atoms with Gasteiger partial charge in [0.1, 0.15) is 0 Å². The SMILES string of the molecule is CCCC(COC)Nc1cc(F)c(F)cc1N. The molecule has 0 aliphatic heterocycles. The number of ether oxygens (including phenoxy) is 1. The van der Waals surface area contributed by atoms with Gasteiger partial charge >= 0.3 is 0 Å². The number of methoxy groups -OCH3 is 1. The molecule has 0 amide bonds. The van der Waals surface area contributed by atoms with Crippen LogP contribution in [0.3, 0.4) is 0 Å². The van der Waals surface area contributed by atoms with Crippen LogP contribution in [0.15, 0.2) is 12.1 Å². The van der Waals surface area contributed by atoms with E-state index in [2.05, 4.69) is 5.32 Å². The Morgan fingerprint density at radius 2 is 2.00 bits per heavy atom. The first kappa shape index (κ1) is 13.7. The Kier molecular flexibility index (Phi) is 5.15. The number of benzene rings is 1. The third-order valence-corrected chi connectivity index (χ3v) is 2.46. The zero-order valence-electron chi connectivity index (χ0n) is 10.1. The number of hydrogen-bond donors (Lipinski definition) is 2. The van der Waals surface area contributed by atoms with E-state index >= 15 is 0 Å². The molecule has 0 spiro atoms. The van der Waals surface area contributed by atoms with E-state index in [1.165, 1.54) is 0 Å². The molecule has 0 aliphatic carbocycles. The highest BCUT2D eigenvalue weighted by Gasteiger charge is 2.12. The molecular weight excluding hydrogens is 226 g/mol. The van der Waals surface area contributed by atoms with E-state index in [1.54, 1.807) is 7.11 Å². The van der Waals surface area contributed by atoms with Gasteiger partial charge in [-0.15, -0.1) is 0 Å². The van der Waals surface area contributed by atoms with E-state index in [-0.39, 0.29) is 11.7 Å². The Labute approximate surface area is 100.0 Å². The molecule has 5 heteroatoms. The first-order valence-electron chi connectivity index (χ1n) is 5.58. The molecule has 96 valence electrons. The number of nitrogen functional groups attached to an aromatic ring is 1. The van der Waals surface area contributed by atoms with Gasteiger partial charge in [-0.1, -0.05) is 13.3 Å². The van der Waals surface area contributed by atoms with Crippen molar-refractivity contribution in [1.29, 1.82) is 0 Å². The summed E-state index contributed by atoms with van der Waals surface area (Å²) in [4.78, 5) is 0. The zero-order valence-corrected chi connectivity index (χ0v) is 10.1. The molecule has 1 aromatic carbocycles. The maximum absolute atomic E-state index is 13.1. The van der Waals surface area contributed by atoms with Gasteiger partial charge in [0.25, 0.3) is 0 Å². The molecular formula is C12H18F2N2O. The van der Waals surface area contributed by atoms with Crippen LogP contribution in [0.1, 0.15) is 19.8 Å². The quantitative estimate of drug-likeness (QED) is 0.756. The van der Waals surface area contributed by atoms with Gasteiger partial charge in [0.2, 0.25) is 0 Å². The molecule has 1 atom stereocenters. The van der Waals surface area contributed by atoms with Gasteiger partial charge < -0.3 is 15.8 Å². The van der Waals surface area contributed by atoms with E-state index in [0.29, 0.717) is 12.3 Å². The van der Waals surface area contributed by atoms with Crippen LogP contribution in [-0.4, -0.2) is 19.8 Å². The van der Waals surface area contributed by atoms with Crippen LogP contribution in [-0.2, 0) is 4.74 Å². The Morgan fingerprint density at radius 1 is 1.35 bits per heavy atom. The summed E-state index contributed by atoms with van der Waals surface area (Å²) in [6.45, 7) is 2.53. The summed E-state index contributed by atoms with van der Waals surface area (Å²) < 4.78 is 31.0. The smallest absolute Gasteiger partial charge is 0.161 e. The van der Waals surface area contributed by atoms with Gasteiger partial charge in [0, 0.05) is 25.3 Å². The van der Waals surface area contributed by atoms with Gasteiger partial charge in [-0.2, -0.15) is 0 Å². The first-order chi connectivity index (χ1) is 8.08. The van der Waals surface area contributed by atoms with Gasteiger partial charge in [0.15, 0.2) is 11.6 Å². The van der Waals surface area contributed by atoms with Crippen molar-refractivity contribution in [2.45, 2.75) is 25.8 Å². The normalized spacial score (nSPS) is 12.5. The molecule has 0 heterocycles. The maximum Gasteiger partial charge on any atom is 0.161 e. The van der Waals surface area contributed by atoms with Crippen LogP contribution >= 0.6 is 0 Å². The molecule has 1 unspecified atom stereocenters. The lowest BCUT2D eigenvalue weighted by atomic mass is 10.1. The molecule has 0 saturated heterocycles. The summed E-state index contributed by atoms with van der Waals surface area (Å²) in [7, 11) is 1.60. The summed E-state index contributed by atoms with van der Waals surface area (Å²) in [5.41, 5.74) is 6.22. The van der Waals surface area contributed by atoms with Crippen molar-refractivity contribution < 1.29 is 13.5 Å². The van der Waals surface area contributed by atoms with Crippen LogP contribution in [0.2, 0.25) is 0 Å².